The van der Waals surface area contributed by atoms with Crippen LogP contribution in [0.4, 0.5) is 0 Å². The first-order valence-corrected chi connectivity index (χ1v) is 10.7. The van der Waals surface area contributed by atoms with Crippen LogP contribution >= 0.6 is 15.9 Å². The largest absolute Gasteiger partial charge is 0.485 e. The highest BCUT2D eigenvalue weighted by molar-refractivity contribution is 9.10. The van der Waals surface area contributed by atoms with Gasteiger partial charge in [0.25, 0.3) is 0 Å². The highest BCUT2D eigenvalue weighted by Crippen LogP contribution is 2.29. The second-order valence-electron chi connectivity index (χ2n) is 7.72. The molecule has 4 heteroatoms. The van der Waals surface area contributed by atoms with Gasteiger partial charge in [-0.05, 0) is 59.9 Å². The molecule has 0 fully saturated rings. The molecule has 1 heterocycles. The van der Waals surface area contributed by atoms with Crippen LogP contribution in [0.2, 0.25) is 0 Å². The van der Waals surface area contributed by atoms with Crippen LogP contribution in [0.5, 0.6) is 5.75 Å². The van der Waals surface area contributed by atoms with Crippen molar-refractivity contribution in [3.63, 3.8) is 0 Å². The molecule has 0 saturated heterocycles. The van der Waals surface area contributed by atoms with E-state index >= 15 is 0 Å². The first-order chi connectivity index (χ1) is 14.0. The molecule has 0 saturated carbocycles. The fraction of sp³-hybridized carbons (Fsp3) is 0.240. The van der Waals surface area contributed by atoms with Gasteiger partial charge in [0.2, 0.25) is 0 Å². The molecule has 3 nitrogen and oxygen atoms in total. The second-order valence-corrected chi connectivity index (χ2v) is 8.63. The Morgan fingerprint density at radius 2 is 1.83 bits per heavy atom. The SMILES string of the molecule is Cc1ccc(C(C)C)c(OCc2nc3ccccc3n2Cc2cccc(Br)c2)c1. The predicted molar refractivity (Wildman–Crippen MR) is 123 cm³/mol. The Labute approximate surface area is 180 Å². The van der Waals surface area contributed by atoms with Gasteiger partial charge in [0.05, 0.1) is 11.0 Å². The Morgan fingerprint density at radius 1 is 1.00 bits per heavy atom. The summed E-state index contributed by atoms with van der Waals surface area (Å²) in [6.45, 7) is 7.68. The minimum absolute atomic E-state index is 0.408. The minimum atomic E-state index is 0.408. The van der Waals surface area contributed by atoms with E-state index in [1.807, 2.05) is 12.1 Å². The molecule has 0 spiro atoms. The van der Waals surface area contributed by atoms with E-state index in [4.69, 9.17) is 9.72 Å². The van der Waals surface area contributed by atoms with Crippen LogP contribution in [0.3, 0.4) is 0 Å². The predicted octanol–water partition coefficient (Wildman–Crippen LogP) is 6.86. The van der Waals surface area contributed by atoms with Crippen molar-refractivity contribution in [1.82, 2.24) is 9.55 Å². The lowest BCUT2D eigenvalue weighted by Gasteiger charge is -2.16. The smallest absolute Gasteiger partial charge is 0.148 e. The number of ether oxygens (including phenoxy) is 1. The third kappa shape index (κ3) is 4.38. The summed E-state index contributed by atoms with van der Waals surface area (Å²) in [4.78, 5) is 4.87. The van der Waals surface area contributed by atoms with Crippen LogP contribution in [0.25, 0.3) is 11.0 Å². The van der Waals surface area contributed by atoms with Gasteiger partial charge in [0.1, 0.15) is 18.2 Å². The number of hydrogen-bond donors (Lipinski definition) is 0. The van der Waals surface area contributed by atoms with Gasteiger partial charge in [-0.15, -0.1) is 0 Å². The Bertz CT molecular complexity index is 1150. The highest BCUT2D eigenvalue weighted by Gasteiger charge is 2.14. The van der Waals surface area contributed by atoms with Gasteiger partial charge in [0.15, 0.2) is 0 Å². The standard InChI is InChI=1S/C25H25BrN2O/c1-17(2)21-12-11-18(3)13-24(21)29-16-25-27-22-9-4-5-10-23(22)28(25)15-19-7-6-8-20(26)14-19/h4-14,17H,15-16H2,1-3H3. The first kappa shape index (κ1) is 19.7. The minimum Gasteiger partial charge on any atom is -0.485 e. The molecule has 0 N–H and O–H groups in total. The van der Waals surface area contributed by atoms with E-state index in [1.165, 1.54) is 16.7 Å². The average molecular weight is 449 g/mol. The number of fused-ring (bicyclic) bond motifs is 1. The molecule has 3 aromatic carbocycles. The zero-order chi connectivity index (χ0) is 20.4. The van der Waals surface area contributed by atoms with Crippen molar-refractivity contribution < 1.29 is 4.74 Å². The van der Waals surface area contributed by atoms with Gasteiger partial charge in [0, 0.05) is 11.0 Å². The molecule has 0 amide bonds. The molecule has 0 aliphatic rings. The summed E-state index contributed by atoms with van der Waals surface area (Å²) in [5.41, 5.74) is 5.77. The molecule has 4 rings (SSSR count). The first-order valence-electron chi connectivity index (χ1n) is 9.93. The molecule has 0 aliphatic carbocycles. The van der Waals surface area contributed by atoms with Gasteiger partial charge < -0.3 is 9.30 Å². The van der Waals surface area contributed by atoms with Gasteiger partial charge in [-0.3, -0.25) is 0 Å². The molecule has 0 aliphatic heterocycles. The molecule has 29 heavy (non-hydrogen) atoms. The number of aromatic nitrogens is 2. The molecule has 0 bridgehead atoms. The van der Waals surface area contributed by atoms with Crippen LogP contribution in [-0.2, 0) is 13.2 Å². The van der Waals surface area contributed by atoms with E-state index in [0.717, 1.165) is 33.6 Å². The number of rotatable bonds is 6. The Morgan fingerprint density at radius 3 is 2.62 bits per heavy atom. The lowest BCUT2D eigenvalue weighted by Crippen LogP contribution is -2.09. The van der Waals surface area contributed by atoms with E-state index in [1.54, 1.807) is 0 Å². The van der Waals surface area contributed by atoms with E-state index in [0.29, 0.717) is 12.5 Å². The average Bonchev–Trinajstić information content (AvgIpc) is 3.04. The highest BCUT2D eigenvalue weighted by atomic mass is 79.9. The van der Waals surface area contributed by atoms with E-state index in [2.05, 4.69) is 95.9 Å². The summed E-state index contributed by atoms with van der Waals surface area (Å²) < 4.78 is 9.64. The third-order valence-corrected chi connectivity index (χ3v) is 5.60. The van der Waals surface area contributed by atoms with Crippen LogP contribution in [0, 0.1) is 6.92 Å². The van der Waals surface area contributed by atoms with Crippen LogP contribution in [0.15, 0.2) is 71.2 Å². The summed E-state index contributed by atoms with van der Waals surface area (Å²) >= 11 is 3.57. The Kier molecular flexibility index (Phi) is 5.72. The monoisotopic (exact) mass is 448 g/mol. The molecule has 0 radical (unpaired) electrons. The maximum Gasteiger partial charge on any atom is 0.148 e. The summed E-state index contributed by atoms with van der Waals surface area (Å²) in [5, 5.41) is 0. The molecular weight excluding hydrogens is 424 g/mol. The zero-order valence-corrected chi connectivity index (χ0v) is 18.6. The maximum atomic E-state index is 6.30. The number of para-hydroxylation sites is 2. The topological polar surface area (TPSA) is 27.1 Å². The number of nitrogens with zero attached hydrogens (tertiary/aromatic N) is 2. The molecule has 4 aromatic rings. The zero-order valence-electron chi connectivity index (χ0n) is 17.0. The van der Waals surface area contributed by atoms with Crippen molar-refractivity contribution in [2.75, 3.05) is 0 Å². The number of aryl methyl sites for hydroxylation is 1. The normalized spacial score (nSPS) is 11.3. The maximum absolute atomic E-state index is 6.30. The van der Waals surface area contributed by atoms with Crippen molar-refractivity contribution in [1.29, 1.82) is 0 Å². The molecule has 148 valence electrons. The summed E-state index contributed by atoms with van der Waals surface area (Å²) in [5.74, 6) is 2.29. The van der Waals surface area contributed by atoms with E-state index in [9.17, 15) is 0 Å². The molecule has 0 unspecified atom stereocenters. The summed E-state index contributed by atoms with van der Waals surface area (Å²) in [7, 11) is 0. The summed E-state index contributed by atoms with van der Waals surface area (Å²) in [6, 6.07) is 23.1. The number of hydrogen-bond acceptors (Lipinski definition) is 2. The molecule has 0 atom stereocenters. The number of imidazole rings is 1. The number of halogens is 1. The van der Waals surface area contributed by atoms with Gasteiger partial charge in [-0.2, -0.15) is 0 Å². The fourth-order valence-electron chi connectivity index (χ4n) is 3.62. The van der Waals surface area contributed by atoms with Crippen LogP contribution < -0.4 is 4.74 Å². The van der Waals surface area contributed by atoms with Crippen molar-refractivity contribution >= 4 is 27.0 Å². The third-order valence-electron chi connectivity index (χ3n) is 5.11. The van der Waals surface area contributed by atoms with Crippen molar-refractivity contribution in [2.24, 2.45) is 0 Å². The van der Waals surface area contributed by atoms with E-state index in [-0.39, 0.29) is 0 Å². The fourth-order valence-corrected chi connectivity index (χ4v) is 4.06. The van der Waals surface area contributed by atoms with Crippen LogP contribution in [-0.4, -0.2) is 9.55 Å². The molecule has 1 aromatic heterocycles. The second kappa shape index (κ2) is 8.42. The van der Waals surface area contributed by atoms with Gasteiger partial charge in [-0.25, -0.2) is 4.98 Å². The summed E-state index contributed by atoms with van der Waals surface area (Å²) in [6.07, 6.45) is 0. The lowest BCUT2D eigenvalue weighted by atomic mass is 10.0. The Balaban J connectivity index is 1.68. The van der Waals surface area contributed by atoms with Gasteiger partial charge >= 0.3 is 0 Å². The van der Waals surface area contributed by atoms with Crippen molar-refractivity contribution in [3.05, 3.63) is 93.7 Å². The van der Waals surface area contributed by atoms with Gasteiger partial charge in [-0.1, -0.05) is 66.2 Å². The Hall–Kier alpha value is -2.59. The van der Waals surface area contributed by atoms with E-state index < -0.39 is 0 Å². The quantitative estimate of drug-likeness (QED) is 0.322. The van der Waals surface area contributed by atoms with Crippen molar-refractivity contribution in [3.8, 4) is 5.75 Å². The molecular formula is C25H25BrN2O. The van der Waals surface area contributed by atoms with Crippen molar-refractivity contribution in [2.45, 2.75) is 39.8 Å². The van der Waals surface area contributed by atoms with Crippen LogP contribution in [0.1, 0.15) is 42.3 Å². The number of benzene rings is 3. The lowest BCUT2D eigenvalue weighted by molar-refractivity contribution is 0.287.